The molecule has 0 fully saturated rings. The quantitative estimate of drug-likeness (QED) is 0.463. The summed E-state index contributed by atoms with van der Waals surface area (Å²) < 4.78 is 4.90. The van der Waals surface area contributed by atoms with Gasteiger partial charge >= 0.3 is 0 Å². The Balaban J connectivity index is 2.75. The largest absolute Gasteiger partial charge is 0.426 e. The zero-order valence-corrected chi connectivity index (χ0v) is 6.51. The van der Waals surface area contributed by atoms with Gasteiger partial charge in [0, 0.05) is 0 Å². The van der Waals surface area contributed by atoms with Crippen molar-refractivity contribution in [2.24, 2.45) is 0 Å². The molecule has 1 rings (SSSR count). The Kier molecular flexibility index (Phi) is 2.78. The molecule has 1 nitrogen and oxygen atoms in total. The molecule has 0 spiro atoms. The normalized spacial score (nSPS) is 12.9. The molecule has 0 aromatic heterocycles. The molecule has 1 aromatic rings. The molecule has 0 radical (unpaired) electrons. The van der Waals surface area contributed by atoms with Gasteiger partial charge in [-0.15, -0.1) is 0 Å². The lowest BCUT2D eigenvalue weighted by Gasteiger charge is -2.06. The molecule has 10 heavy (non-hydrogen) atoms. The predicted octanol–water partition coefficient (Wildman–Crippen LogP) is 1.49. The van der Waals surface area contributed by atoms with E-state index in [4.69, 9.17) is 16.3 Å². The van der Waals surface area contributed by atoms with Crippen molar-refractivity contribution in [1.29, 1.82) is 0 Å². The monoisotopic (exact) mass is 154 g/mol. The molecule has 0 saturated heterocycles. The van der Waals surface area contributed by atoms with Gasteiger partial charge in [0.1, 0.15) is 5.56 Å². The highest BCUT2D eigenvalue weighted by molar-refractivity contribution is 6.21. The van der Waals surface area contributed by atoms with Crippen LogP contribution < -0.4 is 0 Å². The van der Waals surface area contributed by atoms with Gasteiger partial charge in [0.2, 0.25) is 0 Å². The summed E-state index contributed by atoms with van der Waals surface area (Å²) in [7, 11) is 1.59. The number of hydrogen-bond donors (Lipinski definition) is 0. The lowest BCUT2D eigenvalue weighted by atomic mass is 10.2. The third-order valence-corrected chi connectivity index (χ3v) is 1.70. The highest BCUT2D eigenvalue weighted by Gasteiger charge is 2.01. The maximum absolute atomic E-state index is 5.77. The molecule has 0 amide bonds. The first-order valence-electron chi connectivity index (χ1n) is 3.06. The van der Waals surface area contributed by atoms with E-state index in [-0.39, 0.29) is 5.56 Å². The molecule has 0 saturated carbocycles. The van der Waals surface area contributed by atoms with Crippen molar-refractivity contribution in [2.45, 2.75) is 5.56 Å². The molecule has 1 unspecified atom stereocenters. The summed E-state index contributed by atoms with van der Waals surface area (Å²) in [5.74, 6) is 0. The lowest BCUT2D eigenvalue weighted by Crippen LogP contribution is -1.92. The van der Waals surface area contributed by atoms with E-state index >= 15 is 0 Å². The Hall–Kier alpha value is -0.465. The first-order valence-corrected chi connectivity index (χ1v) is 3.50. The number of alkyl halides is 1. The van der Waals surface area contributed by atoms with E-state index in [1.807, 2.05) is 30.3 Å². The number of rotatable bonds is 2. The fourth-order valence-electron chi connectivity index (χ4n) is 0.740. The molecular weight excluding hydrogens is 146 g/mol. The summed E-state index contributed by atoms with van der Waals surface area (Å²) in [6.45, 7) is 0. The molecule has 1 aromatic carbocycles. The summed E-state index contributed by atoms with van der Waals surface area (Å²) in [4.78, 5) is 0. The third kappa shape index (κ3) is 1.76. The van der Waals surface area contributed by atoms with E-state index in [9.17, 15) is 0 Å². The molecule has 52 valence electrons. The SMILES string of the molecule is BOC(Cl)c1ccccc1. The zero-order chi connectivity index (χ0) is 7.40. The molecule has 0 aliphatic heterocycles. The van der Waals surface area contributed by atoms with E-state index in [1.54, 1.807) is 8.05 Å². The summed E-state index contributed by atoms with van der Waals surface area (Å²) in [5.41, 5.74) is 0.674. The highest BCUT2D eigenvalue weighted by atomic mass is 35.5. The van der Waals surface area contributed by atoms with Crippen molar-refractivity contribution in [2.75, 3.05) is 0 Å². The van der Waals surface area contributed by atoms with Crippen LogP contribution in [-0.4, -0.2) is 8.05 Å². The standard InChI is InChI=1S/C7H8BClO/c8-10-7(9)6-4-2-1-3-5-6/h1-5,7H,8H2. The van der Waals surface area contributed by atoms with Gasteiger partial charge in [-0.2, -0.15) is 0 Å². The highest BCUT2D eigenvalue weighted by Crippen LogP contribution is 2.18. The second-order valence-corrected chi connectivity index (χ2v) is 2.36. The van der Waals surface area contributed by atoms with Gasteiger partial charge < -0.3 is 4.65 Å². The van der Waals surface area contributed by atoms with Gasteiger partial charge in [0.25, 0.3) is 8.05 Å². The van der Waals surface area contributed by atoms with Crippen LogP contribution in [0.15, 0.2) is 30.3 Å². The summed E-state index contributed by atoms with van der Waals surface area (Å²) in [6, 6.07) is 9.68. The minimum absolute atomic E-state index is 0.318. The van der Waals surface area contributed by atoms with E-state index in [0.29, 0.717) is 0 Å². The van der Waals surface area contributed by atoms with Crippen molar-refractivity contribution in [3.63, 3.8) is 0 Å². The van der Waals surface area contributed by atoms with Crippen LogP contribution >= 0.6 is 11.6 Å². The second kappa shape index (κ2) is 3.64. The maximum Gasteiger partial charge on any atom is 0.259 e. The molecule has 0 aliphatic carbocycles. The molecule has 3 heteroatoms. The van der Waals surface area contributed by atoms with Gasteiger partial charge in [-0.25, -0.2) is 0 Å². The minimum atomic E-state index is -0.318. The topological polar surface area (TPSA) is 9.23 Å². The van der Waals surface area contributed by atoms with Gasteiger partial charge in [-0.3, -0.25) is 0 Å². The van der Waals surface area contributed by atoms with E-state index < -0.39 is 0 Å². The first-order chi connectivity index (χ1) is 4.84. The Bertz CT molecular complexity index is 190. The average Bonchev–Trinajstić information content (AvgIpc) is 2.05. The van der Waals surface area contributed by atoms with Gasteiger partial charge in [0.05, 0.1) is 0 Å². The Morgan fingerprint density at radius 1 is 1.30 bits per heavy atom. The first kappa shape index (κ1) is 7.64. The van der Waals surface area contributed by atoms with Crippen LogP contribution in [0.4, 0.5) is 0 Å². The van der Waals surface area contributed by atoms with Crippen molar-refractivity contribution in [1.82, 2.24) is 0 Å². The van der Waals surface area contributed by atoms with E-state index in [2.05, 4.69) is 0 Å². The summed E-state index contributed by atoms with van der Waals surface area (Å²) >= 11 is 5.77. The van der Waals surface area contributed by atoms with Crippen LogP contribution in [0, 0.1) is 0 Å². The van der Waals surface area contributed by atoms with Crippen LogP contribution in [-0.2, 0) is 4.65 Å². The summed E-state index contributed by atoms with van der Waals surface area (Å²) in [5, 5.41) is 0. The molecule has 0 heterocycles. The molecule has 0 N–H and O–H groups in total. The fourth-order valence-corrected chi connectivity index (χ4v) is 0.886. The summed E-state index contributed by atoms with van der Waals surface area (Å²) in [6.07, 6.45) is 0. The lowest BCUT2D eigenvalue weighted by molar-refractivity contribution is 0.318. The minimum Gasteiger partial charge on any atom is -0.426 e. The Morgan fingerprint density at radius 3 is 2.40 bits per heavy atom. The predicted molar refractivity (Wildman–Crippen MR) is 44.7 cm³/mol. The molecule has 0 aliphatic rings. The van der Waals surface area contributed by atoms with Crippen LogP contribution in [0.2, 0.25) is 0 Å². The average molecular weight is 154 g/mol. The molecular formula is C7H8BClO. The van der Waals surface area contributed by atoms with Gasteiger partial charge in [-0.1, -0.05) is 41.9 Å². The zero-order valence-electron chi connectivity index (χ0n) is 5.75. The number of hydrogen-bond acceptors (Lipinski definition) is 1. The third-order valence-electron chi connectivity index (χ3n) is 1.27. The van der Waals surface area contributed by atoms with Crippen LogP contribution in [0.3, 0.4) is 0 Å². The van der Waals surface area contributed by atoms with Crippen molar-refractivity contribution in [3.05, 3.63) is 35.9 Å². The van der Waals surface area contributed by atoms with E-state index in [1.165, 1.54) is 0 Å². The van der Waals surface area contributed by atoms with Crippen LogP contribution in [0.1, 0.15) is 11.1 Å². The molecule has 0 bridgehead atoms. The molecule has 1 atom stereocenters. The van der Waals surface area contributed by atoms with Gasteiger partial charge in [-0.05, 0) is 5.56 Å². The van der Waals surface area contributed by atoms with Crippen LogP contribution in [0.25, 0.3) is 0 Å². The smallest absolute Gasteiger partial charge is 0.259 e. The Labute approximate surface area is 66.4 Å². The number of benzene rings is 1. The number of halogens is 1. The van der Waals surface area contributed by atoms with Crippen molar-refractivity contribution < 1.29 is 4.65 Å². The van der Waals surface area contributed by atoms with E-state index in [0.717, 1.165) is 5.56 Å². The van der Waals surface area contributed by atoms with Gasteiger partial charge in [0.15, 0.2) is 0 Å². The van der Waals surface area contributed by atoms with Crippen molar-refractivity contribution >= 4 is 19.7 Å². The maximum atomic E-state index is 5.77. The second-order valence-electron chi connectivity index (χ2n) is 1.96. The van der Waals surface area contributed by atoms with Crippen molar-refractivity contribution in [3.8, 4) is 0 Å². The van der Waals surface area contributed by atoms with Crippen LogP contribution in [0.5, 0.6) is 0 Å². The Morgan fingerprint density at radius 2 is 1.90 bits per heavy atom. The fraction of sp³-hybridized carbons (Fsp3) is 0.143.